The number of halogens is 1. The zero-order chi connectivity index (χ0) is 13.9. The van der Waals surface area contributed by atoms with Gasteiger partial charge in [-0.25, -0.2) is 4.39 Å². The van der Waals surface area contributed by atoms with Crippen molar-refractivity contribution in [2.24, 2.45) is 0 Å². The van der Waals surface area contributed by atoms with Gasteiger partial charge in [-0.2, -0.15) is 0 Å². The van der Waals surface area contributed by atoms with Gasteiger partial charge in [0.1, 0.15) is 6.17 Å². The normalized spacial score (nSPS) is 13.3. The lowest BCUT2D eigenvalue weighted by Crippen LogP contribution is -2.22. The number of benzene rings is 1. The van der Waals surface area contributed by atoms with E-state index in [1.165, 1.54) is 21.1 Å². The number of alkyl halides is 1. The smallest absolute Gasteiger partial charge is 0.166 e. The third-order valence-corrected chi connectivity index (χ3v) is 3.11. The highest BCUT2D eigenvalue weighted by molar-refractivity contribution is 5.52. The highest BCUT2D eigenvalue weighted by Gasteiger charge is 2.25. The molecule has 0 aromatic heterocycles. The second-order valence-corrected chi connectivity index (χ2v) is 4.96. The van der Waals surface area contributed by atoms with Crippen LogP contribution in [0.3, 0.4) is 0 Å². The Morgan fingerprint density at radius 2 is 1.89 bits per heavy atom. The Bertz CT molecular complexity index is 414. The SMILES string of the molecule is COc1cc(C(C)(C)CO)cc(C(C)F)c1OC. The van der Waals surface area contributed by atoms with E-state index in [2.05, 4.69) is 0 Å². The first-order valence-corrected chi connectivity index (χ1v) is 5.88. The van der Waals surface area contributed by atoms with E-state index in [0.717, 1.165) is 5.56 Å². The van der Waals surface area contributed by atoms with Crippen molar-refractivity contribution >= 4 is 0 Å². The standard InChI is InChI=1S/C14H21FO3/c1-9(15)11-6-10(14(2,3)8-16)7-12(17-4)13(11)18-5/h6-7,9,16H,8H2,1-5H3. The molecule has 1 aromatic carbocycles. The fourth-order valence-corrected chi connectivity index (χ4v) is 1.77. The summed E-state index contributed by atoms with van der Waals surface area (Å²) in [5.41, 5.74) is 0.805. The molecule has 0 fully saturated rings. The van der Waals surface area contributed by atoms with Crippen molar-refractivity contribution in [3.05, 3.63) is 23.3 Å². The molecule has 0 saturated heterocycles. The minimum absolute atomic E-state index is 0.0252. The van der Waals surface area contributed by atoms with Gasteiger partial charge in [-0.1, -0.05) is 13.8 Å². The molecule has 0 saturated carbocycles. The van der Waals surface area contributed by atoms with Crippen molar-refractivity contribution < 1.29 is 19.0 Å². The zero-order valence-corrected chi connectivity index (χ0v) is 11.6. The second kappa shape index (κ2) is 5.57. The van der Waals surface area contributed by atoms with Crippen molar-refractivity contribution in [1.29, 1.82) is 0 Å². The summed E-state index contributed by atoms with van der Waals surface area (Å²) in [6.45, 7) is 5.21. The van der Waals surface area contributed by atoms with Crippen molar-refractivity contribution in [2.45, 2.75) is 32.4 Å². The van der Waals surface area contributed by atoms with Crippen LogP contribution in [-0.2, 0) is 5.41 Å². The van der Waals surface area contributed by atoms with Gasteiger partial charge in [0.25, 0.3) is 0 Å². The van der Waals surface area contributed by atoms with Crippen molar-refractivity contribution in [3.8, 4) is 11.5 Å². The maximum Gasteiger partial charge on any atom is 0.166 e. The van der Waals surface area contributed by atoms with Gasteiger partial charge in [-0.3, -0.25) is 0 Å². The van der Waals surface area contributed by atoms with E-state index in [1.807, 2.05) is 13.8 Å². The Labute approximate surface area is 108 Å². The van der Waals surface area contributed by atoms with Crippen molar-refractivity contribution in [2.75, 3.05) is 20.8 Å². The van der Waals surface area contributed by atoms with Crippen molar-refractivity contribution in [3.63, 3.8) is 0 Å². The van der Waals surface area contributed by atoms with E-state index in [1.54, 1.807) is 12.1 Å². The van der Waals surface area contributed by atoms with Gasteiger partial charge < -0.3 is 14.6 Å². The number of hydrogen-bond donors (Lipinski definition) is 1. The average molecular weight is 256 g/mol. The summed E-state index contributed by atoms with van der Waals surface area (Å²) in [5.74, 6) is 0.890. The van der Waals surface area contributed by atoms with Gasteiger partial charge >= 0.3 is 0 Å². The highest BCUT2D eigenvalue weighted by atomic mass is 19.1. The molecule has 1 unspecified atom stereocenters. The molecule has 1 rings (SSSR count). The molecular formula is C14H21FO3. The number of methoxy groups -OCH3 is 2. The number of aliphatic hydroxyl groups is 1. The predicted octanol–water partition coefficient (Wildman–Crippen LogP) is 3.00. The monoisotopic (exact) mass is 256 g/mol. The van der Waals surface area contributed by atoms with Crippen LogP contribution in [0, 0.1) is 0 Å². The maximum atomic E-state index is 13.7. The van der Waals surface area contributed by atoms with Crippen molar-refractivity contribution in [1.82, 2.24) is 0 Å². The highest BCUT2D eigenvalue weighted by Crippen LogP contribution is 2.40. The van der Waals surface area contributed by atoms with Gasteiger partial charge in [-0.05, 0) is 24.6 Å². The molecule has 1 aromatic rings. The lowest BCUT2D eigenvalue weighted by Gasteiger charge is -2.25. The summed E-state index contributed by atoms with van der Waals surface area (Å²) in [5, 5.41) is 9.40. The van der Waals surface area contributed by atoms with E-state index >= 15 is 0 Å². The number of hydrogen-bond acceptors (Lipinski definition) is 3. The van der Waals surface area contributed by atoms with Crippen LogP contribution in [0.15, 0.2) is 12.1 Å². The van der Waals surface area contributed by atoms with Crippen LogP contribution < -0.4 is 9.47 Å². The van der Waals surface area contributed by atoms with Gasteiger partial charge in [0.05, 0.1) is 20.8 Å². The molecule has 3 nitrogen and oxygen atoms in total. The molecule has 102 valence electrons. The Hall–Kier alpha value is -1.29. The topological polar surface area (TPSA) is 38.7 Å². The quantitative estimate of drug-likeness (QED) is 0.880. The number of ether oxygens (including phenoxy) is 2. The lowest BCUT2D eigenvalue weighted by atomic mass is 9.84. The first-order valence-electron chi connectivity index (χ1n) is 5.88. The summed E-state index contributed by atoms with van der Waals surface area (Å²) in [6, 6.07) is 3.50. The molecular weight excluding hydrogens is 235 g/mol. The van der Waals surface area contributed by atoms with Gasteiger partial charge in [0.2, 0.25) is 0 Å². The average Bonchev–Trinajstić information content (AvgIpc) is 2.36. The fraction of sp³-hybridized carbons (Fsp3) is 0.571. The molecule has 1 N–H and O–H groups in total. The Balaban J connectivity index is 3.46. The van der Waals surface area contributed by atoms with E-state index in [-0.39, 0.29) is 6.61 Å². The molecule has 18 heavy (non-hydrogen) atoms. The summed E-state index contributed by atoms with van der Waals surface area (Å²) in [6.07, 6.45) is -1.16. The Morgan fingerprint density at radius 1 is 1.28 bits per heavy atom. The van der Waals surface area contributed by atoms with Crippen LogP contribution in [0.5, 0.6) is 11.5 Å². The third kappa shape index (κ3) is 2.75. The van der Waals surface area contributed by atoms with Crippen LogP contribution >= 0.6 is 0 Å². The van der Waals surface area contributed by atoms with E-state index in [4.69, 9.17) is 9.47 Å². The first-order chi connectivity index (χ1) is 8.37. The molecule has 0 amide bonds. The van der Waals surface area contributed by atoms with Gasteiger partial charge in [0, 0.05) is 11.0 Å². The number of aliphatic hydroxyl groups excluding tert-OH is 1. The molecule has 1 atom stereocenters. The van der Waals surface area contributed by atoms with Crippen LogP contribution in [0.4, 0.5) is 4.39 Å². The van der Waals surface area contributed by atoms with E-state index < -0.39 is 11.6 Å². The Kier molecular flexibility index (Phi) is 4.57. The molecule has 0 aliphatic carbocycles. The first kappa shape index (κ1) is 14.8. The third-order valence-electron chi connectivity index (χ3n) is 3.11. The molecule has 0 heterocycles. The summed E-state index contributed by atoms with van der Waals surface area (Å²) < 4.78 is 24.1. The van der Waals surface area contributed by atoms with Crippen LogP contribution in [-0.4, -0.2) is 25.9 Å². The van der Waals surface area contributed by atoms with E-state index in [0.29, 0.717) is 17.1 Å². The van der Waals surface area contributed by atoms with Gasteiger partial charge in [0.15, 0.2) is 11.5 Å². The minimum Gasteiger partial charge on any atom is -0.493 e. The van der Waals surface area contributed by atoms with Crippen LogP contribution in [0.2, 0.25) is 0 Å². The molecule has 0 spiro atoms. The maximum absolute atomic E-state index is 13.7. The second-order valence-electron chi connectivity index (χ2n) is 4.96. The largest absolute Gasteiger partial charge is 0.493 e. The molecule has 0 bridgehead atoms. The molecule has 4 heteroatoms. The van der Waals surface area contributed by atoms with E-state index in [9.17, 15) is 9.50 Å². The minimum atomic E-state index is -1.16. The molecule has 0 radical (unpaired) electrons. The summed E-state index contributed by atoms with van der Waals surface area (Å²) in [4.78, 5) is 0. The predicted molar refractivity (Wildman–Crippen MR) is 69.2 cm³/mol. The summed E-state index contributed by atoms with van der Waals surface area (Å²) >= 11 is 0. The van der Waals surface area contributed by atoms with Crippen LogP contribution in [0.25, 0.3) is 0 Å². The molecule has 0 aliphatic heterocycles. The zero-order valence-electron chi connectivity index (χ0n) is 11.6. The Morgan fingerprint density at radius 3 is 2.28 bits per heavy atom. The van der Waals surface area contributed by atoms with Crippen LogP contribution in [0.1, 0.15) is 38.1 Å². The number of rotatable bonds is 5. The lowest BCUT2D eigenvalue weighted by molar-refractivity contribution is 0.217. The molecule has 0 aliphatic rings. The van der Waals surface area contributed by atoms with Gasteiger partial charge in [-0.15, -0.1) is 0 Å². The fourth-order valence-electron chi connectivity index (χ4n) is 1.77. The summed E-state index contributed by atoms with van der Waals surface area (Å²) in [7, 11) is 3.00.